The molecule has 5 heteroatoms. The van der Waals surface area contributed by atoms with E-state index in [1.807, 2.05) is 20.2 Å². The Balaban J connectivity index is 2.11. The van der Waals surface area contributed by atoms with Gasteiger partial charge in [-0.05, 0) is 48.8 Å². The van der Waals surface area contributed by atoms with Gasteiger partial charge in [0.15, 0.2) is 0 Å². The summed E-state index contributed by atoms with van der Waals surface area (Å²) >= 11 is 0. The largest absolute Gasteiger partial charge is 0.396 e. The Labute approximate surface area is 135 Å². The number of halogens is 1. The molecule has 23 heavy (non-hydrogen) atoms. The predicted octanol–water partition coefficient (Wildman–Crippen LogP) is 3.53. The maximum atomic E-state index is 13.6. The molecule has 3 rings (SSSR count). The number of nitrogen functional groups attached to an aromatic ring is 1. The van der Waals surface area contributed by atoms with E-state index in [9.17, 15) is 4.39 Å². The molecule has 0 radical (unpaired) electrons. The number of aryl methyl sites for hydroxylation is 1. The number of aromatic nitrogens is 1. The highest BCUT2D eigenvalue weighted by atomic mass is 19.1. The molecule has 0 amide bonds. The van der Waals surface area contributed by atoms with Crippen molar-refractivity contribution in [3.05, 3.63) is 46.9 Å². The molecule has 0 fully saturated rings. The van der Waals surface area contributed by atoms with E-state index in [2.05, 4.69) is 34.3 Å². The smallest absolute Gasteiger partial charge is 0.146 e. The fourth-order valence-corrected chi connectivity index (χ4v) is 2.98. The van der Waals surface area contributed by atoms with Gasteiger partial charge in [-0.15, -0.1) is 0 Å². The zero-order valence-corrected chi connectivity index (χ0v) is 13.7. The van der Waals surface area contributed by atoms with Crippen LogP contribution < -0.4 is 16.0 Å². The first-order chi connectivity index (χ1) is 11.0. The monoisotopic (exact) mass is 312 g/mol. The molecule has 2 aromatic rings. The summed E-state index contributed by atoms with van der Waals surface area (Å²) in [7, 11) is 1.86. The molecule has 1 aromatic carbocycles. The lowest BCUT2D eigenvalue weighted by Gasteiger charge is -2.31. The molecule has 3 N–H and O–H groups in total. The molecule has 0 saturated carbocycles. The van der Waals surface area contributed by atoms with Crippen LogP contribution in [0, 0.1) is 12.7 Å². The summed E-state index contributed by atoms with van der Waals surface area (Å²) in [6, 6.07) is 5.28. The van der Waals surface area contributed by atoms with E-state index < -0.39 is 0 Å². The lowest BCUT2D eigenvalue weighted by molar-refractivity contribution is 0.631. The average Bonchev–Trinajstić information content (AvgIpc) is 2.56. The second-order valence-electron chi connectivity index (χ2n) is 5.75. The molecule has 0 bridgehead atoms. The van der Waals surface area contributed by atoms with Crippen molar-refractivity contribution in [2.24, 2.45) is 0 Å². The summed E-state index contributed by atoms with van der Waals surface area (Å²) in [5.41, 5.74) is 11.2. The Morgan fingerprint density at radius 1 is 1.35 bits per heavy atom. The molecule has 1 aromatic heterocycles. The summed E-state index contributed by atoms with van der Waals surface area (Å²) in [4.78, 5) is 6.68. The first kappa shape index (κ1) is 15.3. The van der Waals surface area contributed by atoms with E-state index in [-0.39, 0.29) is 11.5 Å². The van der Waals surface area contributed by atoms with Crippen LogP contribution in [0.2, 0.25) is 0 Å². The molecular formula is C18H21FN4. The zero-order valence-electron chi connectivity index (χ0n) is 13.7. The number of nitrogens with zero attached hydrogens (tertiary/aromatic N) is 2. The van der Waals surface area contributed by atoms with Gasteiger partial charge in [-0.3, -0.25) is 0 Å². The van der Waals surface area contributed by atoms with Crippen LogP contribution in [-0.4, -0.2) is 25.1 Å². The van der Waals surface area contributed by atoms with Crippen LogP contribution in [0.15, 0.2) is 24.4 Å². The predicted molar refractivity (Wildman–Crippen MR) is 95.1 cm³/mol. The van der Waals surface area contributed by atoms with Gasteiger partial charge in [-0.2, -0.15) is 0 Å². The van der Waals surface area contributed by atoms with Crippen molar-refractivity contribution in [2.75, 3.05) is 36.1 Å². The van der Waals surface area contributed by atoms with Crippen LogP contribution >= 0.6 is 0 Å². The second kappa shape index (κ2) is 5.91. The molecule has 1 aliphatic heterocycles. The number of hydrogen-bond donors (Lipinski definition) is 2. The Kier molecular flexibility index (Phi) is 3.94. The fourth-order valence-electron chi connectivity index (χ4n) is 2.98. The SMILES string of the molecule is CCN1CC(c2cc(N)c(F)cc2C)=Cc2cnc(NC)cc21. The Hall–Kier alpha value is -2.56. The highest BCUT2D eigenvalue weighted by molar-refractivity contribution is 5.92. The highest BCUT2D eigenvalue weighted by Crippen LogP contribution is 2.35. The Morgan fingerprint density at radius 3 is 2.83 bits per heavy atom. The number of hydrogen-bond acceptors (Lipinski definition) is 4. The van der Waals surface area contributed by atoms with Gasteiger partial charge in [0.05, 0.1) is 5.69 Å². The first-order valence-corrected chi connectivity index (χ1v) is 7.72. The first-order valence-electron chi connectivity index (χ1n) is 7.72. The summed E-state index contributed by atoms with van der Waals surface area (Å²) in [5.74, 6) is 0.483. The fraction of sp³-hybridized carbons (Fsp3) is 0.278. The third-order valence-electron chi connectivity index (χ3n) is 4.27. The third kappa shape index (κ3) is 2.74. The number of rotatable bonds is 3. The number of benzene rings is 1. The van der Waals surface area contributed by atoms with E-state index >= 15 is 0 Å². The van der Waals surface area contributed by atoms with Gasteiger partial charge in [0.2, 0.25) is 0 Å². The lowest BCUT2D eigenvalue weighted by atomic mass is 9.94. The maximum Gasteiger partial charge on any atom is 0.146 e. The number of likely N-dealkylation sites (N-methyl/N-ethyl adjacent to an activating group) is 1. The van der Waals surface area contributed by atoms with Crippen molar-refractivity contribution in [2.45, 2.75) is 13.8 Å². The van der Waals surface area contributed by atoms with Crippen LogP contribution in [0.3, 0.4) is 0 Å². The van der Waals surface area contributed by atoms with E-state index in [4.69, 9.17) is 5.73 Å². The average molecular weight is 312 g/mol. The third-order valence-corrected chi connectivity index (χ3v) is 4.27. The van der Waals surface area contributed by atoms with E-state index in [1.54, 1.807) is 6.07 Å². The molecule has 0 aliphatic carbocycles. The van der Waals surface area contributed by atoms with Crippen LogP contribution in [0.4, 0.5) is 21.6 Å². The number of fused-ring (bicyclic) bond motifs is 1. The highest BCUT2D eigenvalue weighted by Gasteiger charge is 2.20. The van der Waals surface area contributed by atoms with Crippen molar-refractivity contribution in [1.29, 1.82) is 0 Å². The number of nitrogens with two attached hydrogens (primary N) is 1. The van der Waals surface area contributed by atoms with Gasteiger partial charge < -0.3 is 16.0 Å². The van der Waals surface area contributed by atoms with Gasteiger partial charge in [-0.1, -0.05) is 0 Å². The summed E-state index contributed by atoms with van der Waals surface area (Å²) in [6.45, 7) is 5.68. The summed E-state index contributed by atoms with van der Waals surface area (Å²) in [6.07, 6.45) is 3.98. The van der Waals surface area contributed by atoms with E-state index in [0.717, 1.165) is 46.9 Å². The quantitative estimate of drug-likeness (QED) is 0.851. The number of pyridine rings is 1. The van der Waals surface area contributed by atoms with E-state index in [0.29, 0.717) is 0 Å². The van der Waals surface area contributed by atoms with Gasteiger partial charge in [0.1, 0.15) is 11.6 Å². The molecule has 1 aliphatic rings. The van der Waals surface area contributed by atoms with Crippen molar-refractivity contribution < 1.29 is 4.39 Å². The molecule has 0 spiro atoms. The molecule has 0 saturated heterocycles. The molecule has 0 unspecified atom stereocenters. The Bertz CT molecular complexity index is 783. The van der Waals surface area contributed by atoms with E-state index in [1.165, 1.54) is 6.07 Å². The van der Waals surface area contributed by atoms with Crippen molar-refractivity contribution >= 4 is 28.8 Å². The van der Waals surface area contributed by atoms with Gasteiger partial charge in [-0.25, -0.2) is 9.37 Å². The van der Waals surface area contributed by atoms with Crippen LogP contribution in [0.1, 0.15) is 23.6 Å². The van der Waals surface area contributed by atoms with Gasteiger partial charge in [0.25, 0.3) is 0 Å². The summed E-state index contributed by atoms with van der Waals surface area (Å²) in [5, 5.41) is 3.07. The molecule has 0 atom stereocenters. The topological polar surface area (TPSA) is 54.2 Å². The number of nitrogens with one attached hydrogen (secondary N) is 1. The minimum absolute atomic E-state index is 0.184. The molecular weight excluding hydrogens is 291 g/mol. The van der Waals surface area contributed by atoms with Crippen molar-refractivity contribution in [3.8, 4) is 0 Å². The zero-order chi connectivity index (χ0) is 16.6. The summed E-state index contributed by atoms with van der Waals surface area (Å²) < 4.78 is 13.6. The van der Waals surface area contributed by atoms with Gasteiger partial charge in [0, 0.05) is 43.7 Å². The van der Waals surface area contributed by atoms with Crippen LogP contribution in [0.25, 0.3) is 11.6 Å². The Morgan fingerprint density at radius 2 is 2.13 bits per heavy atom. The van der Waals surface area contributed by atoms with Gasteiger partial charge >= 0.3 is 0 Å². The van der Waals surface area contributed by atoms with Crippen molar-refractivity contribution in [3.63, 3.8) is 0 Å². The van der Waals surface area contributed by atoms with Crippen LogP contribution in [0.5, 0.6) is 0 Å². The standard InChI is InChI=1S/C18H21FN4/c1-4-23-10-13(14-7-16(20)15(19)5-11(14)2)6-12-9-22-18(21-3)8-17(12)23/h5-9H,4,10,20H2,1-3H3,(H,21,22). The molecule has 120 valence electrons. The number of anilines is 3. The minimum Gasteiger partial charge on any atom is -0.396 e. The van der Waals surface area contributed by atoms with Crippen molar-refractivity contribution in [1.82, 2.24) is 4.98 Å². The normalized spacial score (nSPS) is 13.6. The second-order valence-corrected chi connectivity index (χ2v) is 5.75. The lowest BCUT2D eigenvalue weighted by Crippen LogP contribution is -2.28. The molecule has 4 nitrogen and oxygen atoms in total. The van der Waals surface area contributed by atoms with Crippen LogP contribution in [-0.2, 0) is 0 Å². The maximum absolute atomic E-state index is 13.6. The molecule has 2 heterocycles. The minimum atomic E-state index is -0.365.